The SMILES string of the molecule is CCn1c(C(=O)N2CCN(c3cccc(C(F)(F)F)c3)CC2)cc2oc(C)cc21. The highest BCUT2D eigenvalue weighted by molar-refractivity contribution is 5.97. The molecular formula is C21H22F3N3O2. The molecule has 1 aliphatic rings. The summed E-state index contributed by atoms with van der Waals surface area (Å²) in [6, 6.07) is 9.01. The molecule has 3 aromatic rings. The molecule has 8 heteroatoms. The third-order valence-corrected chi connectivity index (χ3v) is 5.35. The number of benzene rings is 1. The van der Waals surface area contributed by atoms with Gasteiger partial charge in [-0.1, -0.05) is 6.07 Å². The summed E-state index contributed by atoms with van der Waals surface area (Å²) in [7, 11) is 0. The van der Waals surface area contributed by atoms with E-state index < -0.39 is 11.7 Å². The minimum atomic E-state index is -4.37. The Morgan fingerprint density at radius 2 is 1.83 bits per heavy atom. The molecule has 0 bridgehead atoms. The summed E-state index contributed by atoms with van der Waals surface area (Å²) in [5, 5.41) is 0. The van der Waals surface area contributed by atoms with E-state index in [1.807, 2.05) is 29.4 Å². The fourth-order valence-corrected chi connectivity index (χ4v) is 3.89. The van der Waals surface area contributed by atoms with Gasteiger partial charge in [-0.15, -0.1) is 0 Å². The minimum absolute atomic E-state index is 0.0837. The zero-order valence-corrected chi connectivity index (χ0v) is 16.3. The maximum Gasteiger partial charge on any atom is 0.416 e. The third kappa shape index (κ3) is 3.59. The summed E-state index contributed by atoms with van der Waals surface area (Å²) in [5.74, 6) is 0.713. The van der Waals surface area contributed by atoms with Crippen molar-refractivity contribution < 1.29 is 22.4 Å². The number of piperazine rings is 1. The van der Waals surface area contributed by atoms with Crippen LogP contribution >= 0.6 is 0 Å². The second-order valence-corrected chi connectivity index (χ2v) is 7.21. The summed E-state index contributed by atoms with van der Waals surface area (Å²) in [4.78, 5) is 16.7. The predicted molar refractivity (Wildman–Crippen MR) is 104 cm³/mol. The summed E-state index contributed by atoms with van der Waals surface area (Å²) < 4.78 is 46.5. The van der Waals surface area contributed by atoms with Gasteiger partial charge in [-0.3, -0.25) is 4.79 Å². The molecule has 3 heterocycles. The molecule has 1 saturated heterocycles. The van der Waals surface area contributed by atoms with Crippen molar-refractivity contribution in [3.63, 3.8) is 0 Å². The number of aromatic nitrogens is 1. The van der Waals surface area contributed by atoms with Crippen molar-refractivity contribution in [1.29, 1.82) is 0 Å². The van der Waals surface area contributed by atoms with Gasteiger partial charge in [-0.25, -0.2) is 0 Å². The van der Waals surface area contributed by atoms with Gasteiger partial charge in [0.25, 0.3) is 5.91 Å². The third-order valence-electron chi connectivity index (χ3n) is 5.35. The first-order valence-corrected chi connectivity index (χ1v) is 9.59. The highest BCUT2D eigenvalue weighted by Gasteiger charge is 2.31. The van der Waals surface area contributed by atoms with Crippen LogP contribution in [-0.2, 0) is 12.7 Å². The molecule has 154 valence electrons. The smallest absolute Gasteiger partial charge is 0.416 e. The lowest BCUT2D eigenvalue weighted by Crippen LogP contribution is -2.49. The largest absolute Gasteiger partial charge is 0.460 e. The van der Waals surface area contributed by atoms with Gasteiger partial charge < -0.3 is 18.8 Å². The van der Waals surface area contributed by atoms with Crippen molar-refractivity contribution >= 4 is 22.7 Å². The van der Waals surface area contributed by atoms with Crippen molar-refractivity contribution in [2.75, 3.05) is 31.1 Å². The first kappa shape index (κ1) is 19.4. The highest BCUT2D eigenvalue weighted by atomic mass is 19.4. The van der Waals surface area contributed by atoms with Crippen LogP contribution in [0.2, 0.25) is 0 Å². The number of alkyl halides is 3. The van der Waals surface area contributed by atoms with Gasteiger partial charge in [0.05, 0.1) is 11.1 Å². The molecule has 0 aliphatic carbocycles. The first-order chi connectivity index (χ1) is 13.8. The van der Waals surface area contributed by atoms with Crippen LogP contribution < -0.4 is 4.90 Å². The normalized spacial score (nSPS) is 15.3. The Kier molecular flexibility index (Phi) is 4.80. The predicted octanol–water partition coefficient (Wildman–Crippen LogP) is 4.54. The van der Waals surface area contributed by atoms with Crippen molar-refractivity contribution in [2.24, 2.45) is 0 Å². The molecule has 0 saturated carbocycles. The number of anilines is 1. The van der Waals surface area contributed by atoms with Gasteiger partial charge in [0.15, 0.2) is 5.58 Å². The van der Waals surface area contributed by atoms with Gasteiger partial charge in [0.2, 0.25) is 0 Å². The van der Waals surface area contributed by atoms with E-state index in [-0.39, 0.29) is 5.91 Å². The summed E-state index contributed by atoms with van der Waals surface area (Å²) in [5.41, 5.74) is 2.03. The monoisotopic (exact) mass is 405 g/mol. The fourth-order valence-electron chi connectivity index (χ4n) is 3.89. The molecule has 1 amide bonds. The average molecular weight is 405 g/mol. The maximum atomic E-state index is 13.1. The molecule has 4 rings (SSSR count). The number of carbonyl (C=O) groups is 1. The first-order valence-electron chi connectivity index (χ1n) is 9.59. The second kappa shape index (κ2) is 7.17. The topological polar surface area (TPSA) is 41.6 Å². The van der Waals surface area contributed by atoms with Gasteiger partial charge in [-0.2, -0.15) is 13.2 Å². The molecule has 0 radical (unpaired) electrons. The molecule has 1 aliphatic heterocycles. The van der Waals surface area contributed by atoms with Crippen molar-refractivity contribution in [2.45, 2.75) is 26.6 Å². The number of fused-ring (bicyclic) bond motifs is 1. The molecule has 0 unspecified atom stereocenters. The minimum Gasteiger partial charge on any atom is -0.460 e. The number of amides is 1. The van der Waals surface area contributed by atoms with E-state index in [0.29, 0.717) is 49.7 Å². The van der Waals surface area contributed by atoms with Crippen LogP contribution in [0.15, 0.2) is 40.8 Å². The van der Waals surface area contributed by atoms with Gasteiger partial charge in [0, 0.05) is 50.5 Å². The van der Waals surface area contributed by atoms with Crippen molar-refractivity contribution in [3.05, 3.63) is 53.4 Å². The number of hydrogen-bond donors (Lipinski definition) is 0. The van der Waals surface area contributed by atoms with E-state index in [0.717, 1.165) is 23.4 Å². The van der Waals surface area contributed by atoms with Crippen LogP contribution in [0.1, 0.15) is 28.7 Å². The highest BCUT2D eigenvalue weighted by Crippen LogP contribution is 2.32. The lowest BCUT2D eigenvalue weighted by molar-refractivity contribution is -0.137. The van der Waals surface area contributed by atoms with Gasteiger partial charge >= 0.3 is 6.18 Å². The van der Waals surface area contributed by atoms with Crippen LogP contribution in [0.3, 0.4) is 0 Å². The van der Waals surface area contributed by atoms with Crippen LogP contribution in [0.25, 0.3) is 11.1 Å². The fraction of sp³-hybridized carbons (Fsp3) is 0.381. The Bertz CT molecular complexity index is 1040. The Balaban J connectivity index is 1.49. The number of aryl methyl sites for hydroxylation is 2. The Hall–Kier alpha value is -2.90. The number of carbonyl (C=O) groups excluding carboxylic acids is 1. The molecule has 0 atom stereocenters. The molecule has 0 spiro atoms. The Morgan fingerprint density at radius 3 is 2.48 bits per heavy atom. The van der Waals surface area contributed by atoms with E-state index in [4.69, 9.17) is 4.42 Å². The summed E-state index contributed by atoms with van der Waals surface area (Å²) >= 11 is 0. The van der Waals surface area contributed by atoms with E-state index in [2.05, 4.69) is 0 Å². The number of hydrogen-bond acceptors (Lipinski definition) is 3. The summed E-state index contributed by atoms with van der Waals surface area (Å²) in [6.45, 7) is 6.35. The van der Waals surface area contributed by atoms with Gasteiger partial charge in [0.1, 0.15) is 11.5 Å². The van der Waals surface area contributed by atoms with Gasteiger partial charge in [-0.05, 0) is 32.0 Å². The molecule has 2 aromatic heterocycles. The molecule has 0 N–H and O–H groups in total. The number of furan rings is 1. The molecule has 1 aromatic carbocycles. The quantitative estimate of drug-likeness (QED) is 0.642. The zero-order valence-electron chi connectivity index (χ0n) is 16.3. The lowest BCUT2D eigenvalue weighted by atomic mass is 10.1. The van der Waals surface area contributed by atoms with Crippen LogP contribution in [0.4, 0.5) is 18.9 Å². The molecule has 1 fully saturated rings. The van der Waals surface area contributed by atoms with Crippen LogP contribution in [-0.4, -0.2) is 41.6 Å². The average Bonchev–Trinajstić information content (AvgIpc) is 3.22. The molecule has 5 nitrogen and oxygen atoms in total. The van der Waals surface area contributed by atoms with Crippen LogP contribution in [0, 0.1) is 6.92 Å². The lowest BCUT2D eigenvalue weighted by Gasteiger charge is -2.36. The second-order valence-electron chi connectivity index (χ2n) is 7.21. The summed E-state index contributed by atoms with van der Waals surface area (Å²) in [6.07, 6.45) is -4.37. The zero-order chi connectivity index (χ0) is 20.8. The van der Waals surface area contributed by atoms with E-state index in [1.54, 1.807) is 17.0 Å². The molecule has 29 heavy (non-hydrogen) atoms. The van der Waals surface area contributed by atoms with E-state index in [9.17, 15) is 18.0 Å². The number of rotatable bonds is 3. The van der Waals surface area contributed by atoms with Crippen molar-refractivity contribution in [1.82, 2.24) is 9.47 Å². The van der Waals surface area contributed by atoms with E-state index >= 15 is 0 Å². The Labute approximate surface area is 166 Å². The van der Waals surface area contributed by atoms with E-state index in [1.165, 1.54) is 6.07 Å². The number of halogens is 3. The molecular weight excluding hydrogens is 383 g/mol. The standard InChI is InChI=1S/C21H22F3N3O2/c1-3-27-17-11-14(2)29-19(17)13-18(27)20(28)26-9-7-25(8-10-26)16-6-4-5-15(12-16)21(22,23)24/h4-6,11-13H,3,7-10H2,1-2H3. The van der Waals surface area contributed by atoms with Crippen LogP contribution in [0.5, 0.6) is 0 Å². The maximum absolute atomic E-state index is 13.1. The number of nitrogens with zero attached hydrogens (tertiary/aromatic N) is 3. The van der Waals surface area contributed by atoms with Crippen molar-refractivity contribution in [3.8, 4) is 0 Å². The Morgan fingerprint density at radius 1 is 1.10 bits per heavy atom.